The van der Waals surface area contributed by atoms with E-state index >= 15 is 0 Å². The normalized spacial score (nSPS) is 24.1. The maximum Gasteiger partial charge on any atom is 0.323 e. The lowest BCUT2D eigenvalue weighted by Gasteiger charge is -2.34. The number of hydrogen-bond donors (Lipinski definition) is 1. The highest BCUT2D eigenvalue weighted by atomic mass is 16.5. The van der Waals surface area contributed by atoms with E-state index in [9.17, 15) is 9.90 Å². The molecule has 0 aromatic rings. The van der Waals surface area contributed by atoms with Crippen molar-refractivity contribution in [2.45, 2.75) is 31.4 Å². The summed E-state index contributed by atoms with van der Waals surface area (Å²) in [5.41, 5.74) is 0. The molecule has 2 atom stereocenters. The Morgan fingerprint density at radius 1 is 1.50 bits per heavy atom. The average molecular weight is 231 g/mol. The smallest absolute Gasteiger partial charge is 0.323 e. The van der Waals surface area contributed by atoms with Crippen LogP contribution in [0.15, 0.2) is 0 Å². The van der Waals surface area contributed by atoms with Crippen LogP contribution in [0.2, 0.25) is 0 Å². The van der Waals surface area contributed by atoms with Gasteiger partial charge in [0, 0.05) is 13.7 Å². The number of rotatable bonds is 5. The molecule has 0 aromatic heterocycles. The summed E-state index contributed by atoms with van der Waals surface area (Å²) in [6.07, 6.45) is 2.37. The Balaban J connectivity index is 2.49. The molecule has 5 nitrogen and oxygen atoms in total. The third-order valence-electron chi connectivity index (χ3n) is 2.89. The van der Waals surface area contributed by atoms with Crippen molar-refractivity contribution in [1.82, 2.24) is 4.90 Å². The van der Waals surface area contributed by atoms with Gasteiger partial charge in [0.2, 0.25) is 0 Å². The highest BCUT2D eigenvalue weighted by Crippen LogP contribution is 2.18. The van der Waals surface area contributed by atoms with Crippen molar-refractivity contribution < 1.29 is 19.4 Å². The minimum Gasteiger partial charge on any atom is -0.468 e. The molecule has 1 aliphatic heterocycles. The van der Waals surface area contributed by atoms with Gasteiger partial charge in [0.1, 0.15) is 6.04 Å². The second-order valence-electron chi connectivity index (χ2n) is 4.14. The largest absolute Gasteiger partial charge is 0.468 e. The molecule has 0 bridgehead atoms. The second kappa shape index (κ2) is 6.83. The van der Waals surface area contributed by atoms with Crippen molar-refractivity contribution in [3.8, 4) is 0 Å². The van der Waals surface area contributed by atoms with Crippen molar-refractivity contribution in [2.75, 3.05) is 33.9 Å². The lowest BCUT2D eigenvalue weighted by molar-refractivity contribution is -0.149. The molecule has 1 fully saturated rings. The molecular weight excluding hydrogens is 210 g/mol. The summed E-state index contributed by atoms with van der Waals surface area (Å²) >= 11 is 0. The molecule has 94 valence electrons. The molecule has 1 N–H and O–H groups in total. The number of likely N-dealkylation sites (tertiary alicyclic amines) is 1. The standard InChI is InChI=1S/C11H21NO4/c1-15-8-9(13)7-12-6-4-3-5-10(12)11(14)16-2/h9-10,13H,3-8H2,1-2H3/t9?,10-/m1/s1. The van der Waals surface area contributed by atoms with Crippen LogP contribution in [0.5, 0.6) is 0 Å². The predicted molar refractivity (Wildman–Crippen MR) is 59.1 cm³/mol. The van der Waals surface area contributed by atoms with Crippen LogP contribution in [0.25, 0.3) is 0 Å². The highest BCUT2D eigenvalue weighted by Gasteiger charge is 2.30. The number of hydrogen-bond acceptors (Lipinski definition) is 5. The lowest BCUT2D eigenvalue weighted by atomic mass is 10.0. The van der Waals surface area contributed by atoms with E-state index in [-0.39, 0.29) is 12.0 Å². The molecule has 0 saturated carbocycles. The Labute approximate surface area is 96.3 Å². The summed E-state index contributed by atoms with van der Waals surface area (Å²) in [7, 11) is 2.96. The Morgan fingerprint density at radius 2 is 2.25 bits per heavy atom. The first-order valence-corrected chi connectivity index (χ1v) is 5.68. The predicted octanol–water partition coefficient (Wildman–Crippen LogP) is 0.0212. The number of aliphatic hydroxyl groups is 1. The molecule has 1 unspecified atom stereocenters. The van der Waals surface area contributed by atoms with Gasteiger partial charge in [-0.05, 0) is 19.4 Å². The summed E-state index contributed by atoms with van der Waals surface area (Å²) in [6, 6.07) is -0.203. The number of ether oxygens (including phenoxy) is 2. The fourth-order valence-electron chi connectivity index (χ4n) is 2.13. The van der Waals surface area contributed by atoms with Crippen LogP contribution in [-0.4, -0.2) is 62.0 Å². The number of aliphatic hydroxyl groups excluding tert-OH is 1. The van der Waals surface area contributed by atoms with Gasteiger partial charge in [0.25, 0.3) is 0 Å². The van der Waals surface area contributed by atoms with E-state index in [1.54, 1.807) is 7.11 Å². The van der Waals surface area contributed by atoms with Crippen LogP contribution < -0.4 is 0 Å². The van der Waals surface area contributed by atoms with Crippen LogP contribution in [-0.2, 0) is 14.3 Å². The van der Waals surface area contributed by atoms with Gasteiger partial charge < -0.3 is 14.6 Å². The topological polar surface area (TPSA) is 59.0 Å². The van der Waals surface area contributed by atoms with Gasteiger partial charge in [0.05, 0.1) is 19.8 Å². The molecule has 1 aliphatic rings. The summed E-state index contributed by atoms with van der Waals surface area (Å²) in [4.78, 5) is 13.5. The van der Waals surface area contributed by atoms with E-state index in [0.717, 1.165) is 25.8 Å². The van der Waals surface area contributed by atoms with Gasteiger partial charge in [-0.2, -0.15) is 0 Å². The van der Waals surface area contributed by atoms with E-state index in [1.165, 1.54) is 7.11 Å². The second-order valence-corrected chi connectivity index (χ2v) is 4.14. The fraction of sp³-hybridized carbons (Fsp3) is 0.909. The molecular formula is C11H21NO4. The average Bonchev–Trinajstić information content (AvgIpc) is 2.29. The molecule has 1 heterocycles. The van der Waals surface area contributed by atoms with Gasteiger partial charge in [-0.3, -0.25) is 9.69 Å². The van der Waals surface area contributed by atoms with E-state index in [0.29, 0.717) is 13.2 Å². The number of esters is 1. The molecule has 0 aromatic carbocycles. The zero-order chi connectivity index (χ0) is 12.0. The Kier molecular flexibility index (Phi) is 5.73. The molecule has 0 aliphatic carbocycles. The number of piperidine rings is 1. The van der Waals surface area contributed by atoms with Crippen molar-refractivity contribution in [3.05, 3.63) is 0 Å². The number of nitrogens with zero attached hydrogens (tertiary/aromatic N) is 1. The van der Waals surface area contributed by atoms with E-state index < -0.39 is 6.10 Å². The minimum atomic E-state index is -0.546. The zero-order valence-corrected chi connectivity index (χ0v) is 10.0. The molecule has 5 heteroatoms. The Bertz CT molecular complexity index is 222. The monoisotopic (exact) mass is 231 g/mol. The Morgan fingerprint density at radius 3 is 2.88 bits per heavy atom. The van der Waals surface area contributed by atoms with E-state index in [1.807, 2.05) is 4.90 Å². The summed E-state index contributed by atoms with van der Waals surface area (Å²) in [5.74, 6) is -0.204. The number of β-amino-alcohol motifs (C(OH)–C–C–N with tert-alkyl or cyclic N) is 1. The van der Waals surface area contributed by atoms with Gasteiger partial charge in [-0.15, -0.1) is 0 Å². The molecule has 1 rings (SSSR count). The zero-order valence-electron chi connectivity index (χ0n) is 10.0. The van der Waals surface area contributed by atoms with Crippen LogP contribution in [0.1, 0.15) is 19.3 Å². The number of carbonyl (C=O) groups excluding carboxylic acids is 1. The molecule has 0 spiro atoms. The fourth-order valence-corrected chi connectivity index (χ4v) is 2.13. The third-order valence-corrected chi connectivity index (χ3v) is 2.89. The maximum absolute atomic E-state index is 11.5. The highest BCUT2D eigenvalue weighted by molar-refractivity contribution is 5.75. The maximum atomic E-state index is 11.5. The Hall–Kier alpha value is -0.650. The quantitative estimate of drug-likeness (QED) is 0.676. The van der Waals surface area contributed by atoms with Gasteiger partial charge >= 0.3 is 5.97 Å². The van der Waals surface area contributed by atoms with Crippen LogP contribution in [0.3, 0.4) is 0 Å². The van der Waals surface area contributed by atoms with Crippen molar-refractivity contribution in [3.63, 3.8) is 0 Å². The van der Waals surface area contributed by atoms with E-state index in [4.69, 9.17) is 9.47 Å². The first kappa shape index (κ1) is 13.4. The summed E-state index contributed by atoms with van der Waals surface area (Å²) in [6.45, 7) is 1.60. The van der Waals surface area contributed by atoms with Gasteiger partial charge in [-0.1, -0.05) is 6.42 Å². The molecule has 0 radical (unpaired) electrons. The number of carbonyl (C=O) groups is 1. The van der Waals surface area contributed by atoms with Crippen LogP contribution >= 0.6 is 0 Å². The molecule has 16 heavy (non-hydrogen) atoms. The first-order valence-electron chi connectivity index (χ1n) is 5.68. The van der Waals surface area contributed by atoms with Crippen LogP contribution in [0, 0.1) is 0 Å². The van der Waals surface area contributed by atoms with E-state index in [2.05, 4.69) is 0 Å². The first-order chi connectivity index (χ1) is 7.69. The third kappa shape index (κ3) is 3.73. The summed E-state index contributed by atoms with van der Waals surface area (Å²) in [5, 5.41) is 9.65. The molecule has 0 amide bonds. The van der Waals surface area contributed by atoms with Gasteiger partial charge in [0.15, 0.2) is 0 Å². The summed E-state index contributed by atoms with van der Waals surface area (Å²) < 4.78 is 9.64. The van der Waals surface area contributed by atoms with Crippen molar-refractivity contribution >= 4 is 5.97 Å². The SMILES string of the molecule is COCC(O)CN1CCCC[C@@H]1C(=O)OC. The number of methoxy groups -OCH3 is 2. The van der Waals surface area contributed by atoms with Crippen LogP contribution in [0.4, 0.5) is 0 Å². The molecule has 1 saturated heterocycles. The van der Waals surface area contributed by atoms with Gasteiger partial charge in [-0.25, -0.2) is 0 Å². The van der Waals surface area contributed by atoms with Crippen molar-refractivity contribution in [2.24, 2.45) is 0 Å². The lowest BCUT2D eigenvalue weighted by Crippen LogP contribution is -2.48. The minimum absolute atomic E-state index is 0.203. The van der Waals surface area contributed by atoms with Crippen molar-refractivity contribution in [1.29, 1.82) is 0 Å².